The SMILES string of the molecule is CCc1nc(C)cn2nc(/C(=C/C=O)PC3C=CC(N4CCC(N5CCCC5)CC4)=CN3C)cc12. The summed E-state index contributed by atoms with van der Waals surface area (Å²) in [5, 5.41) is 5.79. The standard InChI is InChI=1S/C27H37N6OP/c1-4-23-25-17-24(29-33(25)18-20(2)28-23)26(11-16-34)35-27-8-7-22(19-30(27)3)32-14-9-21(10-15-32)31-12-5-6-13-31/h7-8,11,16-19,21,27,35H,4-6,9-10,12-15H2,1-3H3/b26-11-. The molecule has 0 aliphatic carbocycles. The molecule has 0 bridgehead atoms. The Morgan fingerprint density at radius 3 is 2.66 bits per heavy atom. The van der Waals surface area contributed by atoms with Gasteiger partial charge in [0.1, 0.15) is 6.29 Å². The van der Waals surface area contributed by atoms with Crippen molar-refractivity contribution in [3.63, 3.8) is 0 Å². The molecule has 2 fully saturated rings. The summed E-state index contributed by atoms with van der Waals surface area (Å²) in [6.45, 7) is 8.93. The van der Waals surface area contributed by atoms with Gasteiger partial charge in [-0.15, -0.1) is 0 Å². The highest BCUT2D eigenvalue weighted by molar-refractivity contribution is 7.51. The van der Waals surface area contributed by atoms with Crippen molar-refractivity contribution in [1.29, 1.82) is 0 Å². The molecule has 35 heavy (non-hydrogen) atoms. The molecule has 2 aromatic heterocycles. The number of fused-ring (bicyclic) bond motifs is 1. The molecule has 0 radical (unpaired) electrons. The van der Waals surface area contributed by atoms with Crippen molar-refractivity contribution in [3.05, 3.63) is 59.5 Å². The highest BCUT2D eigenvalue weighted by Gasteiger charge is 2.28. The second-order valence-electron chi connectivity index (χ2n) is 9.89. The number of rotatable bonds is 7. The van der Waals surface area contributed by atoms with E-state index in [0.29, 0.717) is 8.58 Å². The van der Waals surface area contributed by atoms with Gasteiger partial charge < -0.3 is 14.7 Å². The molecule has 0 aromatic carbocycles. The van der Waals surface area contributed by atoms with Crippen molar-refractivity contribution in [2.45, 2.75) is 57.8 Å². The number of likely N-dealkylation sites (tertiary alicyclic amines) is 2. The van der Waals surface area contributed by atoms with Crippen LogP contribution in [0.3, 0.4) is 0 Å². The summed E-state index contributed by atoms with van der Waals surface area (Å²) in [5.74, 6) is 0.211. The molecule has 5 heterocycles. The van der Waals surface area contributed by atoms with Crippen molar-refractivity contribution >= 4 is 25.7 Å². The first-order chi connectivity index (χ1) is 17.1. The van der Waals surface area contributed by atoms with E-state index in [-0.39, 0.29) is 5.78 Å². The van der Waals surface area contributed by atoms with Crippen LogP contribution in [0.15, 0.2) is 42.4 Å². The minimum absolute atomic E-state index is 0.211. The van der Waals surface area contributed by atoms with E-state index in [1.54, 1.807) is 6.08 Å². The number of aromatic nitrogens is 3. The summed E-state index contributed by atoms with van der Waals surface area (Å²) in [6.07, 6.45) is 17.5. The molecule has 0 spiro atoms. The van der Waals surface area contributed by atoms with Crippen LogP contribution in [-0.4, -0.2) is 80.6 Å². The average molecular weight is 493 g/mol. The fraction of sp³-hybridized carbons (Fsp3) is 0.519. The maximum Gasteiger partial charge on any atom is 0.143 e. The molecule has 2 aromatic rings. The van der Waals surface area contributed by atoms with E-state index in [1.807, 2.05) is 17.6 Å². The number of aryl methyl sites for hydroxylation is 2. The second kappa shape index (κ2) is 10.6. The Morgan fingerprint density at radius 1 is 1.20 bits per heavy atom. The Bertz CT molecular complexity index is 1150. The van der Waals surface area contributed by atoms with Gasteiger partial charge in [0.25, 0.3) is 0 Å². The van der Waals surface area contributed by atoms with Crippen molar-refractivity contribution in [3.8, 4) is 0 Å². The monoisotopic (exact) mass is 492 g/mol. The predicted octanol–water partition coefficient (Wildman–Crippen LogP) is 4.05. The van der Waals surface area contributed by atoms with Crippen LogP contribution < -0.4 is 0 Å². The maximum absolute atomic E-state index is 11.5. The Labute approximate surface area is 210 Å². The van der Waals surface area contributed by atoms with Crippen LogP contribution in [0.1, 0.15) is 49.7 Å². The number of hydrogen-bond donors (Lipinski definition) is 0. The summed E-state index contributed by atoms with van der Waals surface area (Å²) in [7, 11) is 2.56. The predicted molar refractivity (Wildman–Crippen MR) is 144 cm³/mol. The molecular formula is C27H37N6OP. The molecule has 0 N–H and O–H groups in total. The molecule has 8 heteroatoms. The number of allylic oxidation sites excluding steroid dienone is 2. The lowest BCUT2D eigenvalue weighted by Gasteiger charge is -2.40. The van der Waals surface area contributed by atoms with Crippen molar-refractivity contribution < 1.29 is 4.79 Å². The zero-order chi connectivity index (χ0) is 24.4. The molecular weight excluding hydrogens is 455 g/mol. The Kier molecular flexibility index (Phi) is 7.35. The normalized spacial score (nSPS) is 22.7. The molecule has 2 atom stereocenters. The average Bonchev–Trinajstić information content (AvgIpc) is 3.55. The zero-order valence-electron chi connectivity index (χ0n) is 21.2. The van der Waals surface area contributed by atoms with Gasteiger partial charge in [0.2, 0.25) is 0 Å². The van der Waals surface area contributed by atoms with Gasteiger partial charge in [-0.1, -0.05) is 21.6 Å². The molecule has 186 valence electrons. The molecule has 2 unspecified atom stereocenters. The second-order valence-corrected chi connectivity index (χ2v) is 11.3. The van der Waals surface area contributed by atoms with Crippen LogP contribution in [0.2, 0.25) is 0 Å². The van der Waals surface area contributed by atoms with Gasteiger partial charge in [-0.3, -0.25) is 9.78 Å². The molecule has 3 aliphatic rings. The summed E-state index contributed by atoms with van der Waals surface area (Å²) in [5.41, 5.74) is 5.16. The number of carbonyl (C=O) groups excluding carboxylic acids is 1. The van der Waals surface area contributed by atoms with Gasteiger partial charge in [-0.25, -0.2) is 4.52 Å². The van der Waals surface area contributed by atoms with E-state index in [9.17, 15) is 4.79 Å². The highest BCUT2D eigenvalue weighted by atomic mass is 31.1. The number of nitrogens with zero attached hydrogens (tertiary/aromatic N) is 6. The molecule has 0 amide bonds. The zero-order valence-corrected chi connectivity index (χ0v) is 22.2. The number of carbonyl (C=O) groups is 1. The van der Waals surface area contributed by atoms with Crippen molar-refractivity contribution in [1.82, 2.24) is 29.3 Å². The molecule has 5 rings (SSSR count). The summed E-state index contributed by atoms with van der Waals surface area (Å²) >= 11 is 0. The van der Waals surface area contributed by atoms with Crippen LogP contribution >= 0.6 is 8.58 Å². The van der Waals surface area contributed by atoms with Gasteiger partial charge in [-0.2, -0.15) is 5.10 Å². The van der Waals surface area contributed by atoms with E-state index in [4.69, 9.17) is 5.10 Å². The lowest BCUT2D eigenvalue weighted by molar-refractivity contribution is -0.104. The minimum Gasteiger partial charge on any atom is -0.370 e. The largest absolute Gasteiger partial charge is 0.370 e. The van der Waals surface area contributed by atoms with Gasteiger partial charge in [-0.05, 0) is 70.3 Å². The Balaban J connectivity index is 1.26. The van der Waals surface area contributed by atoms with Gasteiger partial charge in [0.15, 0.2) is 0 Å². The number of aldehydes is 1. The first-order valence-electron chi connectivity index (χ1n) is 12.9. The van der Waals surface area contributed by atoms with E-state index in [0.717, 1.165) is 59.8 Å². The first kappa shape index (κ1) is 24.2. The molecule has 2 saturated heterocycles. The topological polar surface area (TPSA) is 57.0 Å². The van der Waals surface area contributed by atoms with Crippen LogP contribution in [0.4, 0.5) is 0 Å². The summed E-state index contributed by atoms with van der Waals surface area (Å²) in [6, 6.07) is 2.84. The van der Waals surface area contributed by atoms with Crippen LogP contribution in [-0.2, 0) is 11.2 Å². The fourth-order valence-electron chi connectivity index (χ4n) is 5.60. The van der Waals surface area contributed by atoms with Gasteiger partial charge >= 0.3 is 0 Å². The van der Waals surface area contributed by atoms with Crippen LogP contribution in [0.5, 0.6) is 0 Å². The quantitative estimate of drug-likeness (QED) is 0.330. The minimum atomic E-state index is 0.211. The third-order valence-corrected chi connectivity index (χ3v) is 9.14. The van der Waals surface area contributed by atoms with E-state index in [2.05, 4.69) is 58.1 Å². The Morgan fingerprint density at radius 2 is 1.97 bits per heavy atom. The van der Waals surface area contributed by atoms with Crippen LogP contribution in [0, 0.1) is 6.92 Å². The molecule has 3 aliphatic heterocycles. The van der Waals surface area contributed by atoms with Crippen LogP contribution in [0.25, 0.3) is 10.8 Å². The number of piperidine rings is 1. The van der Waals surface area contributed by atoms with Crippen molar-refractivity contribution in [2.75, 3.05) is 33.2 Å². The fourth-order valence-corrected chi connectivity index (χ4v) is 6.82. The van der Waals surface area contributed by atoms with E-state index in [1.165, 1.54) is 44.5 Å². The third-order valence-electron chi connectivity index (χ3n) is 7.51. The lowest BCUT2D eigenvalue weighted by atomic mass is 10.0. The summed E-state index contributed by atoms with van der Waals surface area (Å²) in [4.78, 5) is 23.7. The van der Waals surface area contributed by atoms with Gasteiger partial charge in [0.05, 0.1) is 40.3 Å². The molecule has 7 nitrogen and oxygen atoms in total. The maximum atomic E-state index is 11.5. The highest BCUT2D eigenvalue weighted by Crippen LogP contribution is 2.40. The van der Waals surface area contributed by atoms with E-state index < -0.39 is 0 Å². The number of hydrogen-bond acceptors (Lipinski definition) is 6. The third kappa shape index (κ3) is 5.22. The summed E-state index contributed by atoms with van der Waals surface area (Å²) < 4.78 is 1.91. The first-order valence-corrected chi connectivity index (χ1v) is 14.0. The Hall–Kier alpha value is -2.50. The number of likely N-dealkylation sites (N-methyl/N-ethyl adjacent to an activating group) is 1. The van der Waals surface area contributed by atoms with Crippen molar-refractivity contribution in [2.24, 2.45) is 0 Å². The smallest absolute Gasteiger partial charge is 0.143 e. The van der Waals surface area contributed by atoms with Gasteiger partial charge in [0, 0.05) is 37.7 Å². The molecule has 0 saturated carbocycles. The lowest BCUT2D eigenvalue weighted by Crippen LogP contribution is -2.43. The van der Waals surface area contributed by atoms with E-state index >= 15 is 0 Å².